The molecule has 0 spiro atoms. The van der Waals surface area contributed by atoms with Crippen LogP contribution in [-0.2, 0) is 10.0 Å². The molecule has 0 heterocycles. The standard InChI is InChI=1S/C15H19BrN2O2S/c1-2-12-7-9-15(11-17,10-8-12)18-21(19,20)14-5-3-13(16)4-6-14/h3-6,12,18H,2,7-10H2,1H3. The van der Waals surface area contributed by atoms with Gasteiger partial charge < -0.3 is 0 Å². The zero-order valence-electron chi connectivity index (χ0n) is 12.0. The maximum atomic E-state index is 12.4. The molecule has 1 aliphatic rings. The summed E-state index contributed by atoms with van der Waals surface area (Å²) in [4.78, 5) is 0.193. The molecule has 1 aliphatic carbocycles. The Labute approximate surface area is 134 Å². The maximum Gasteiger partial charge on any atom is 0.241 e. The van der Waals surface area contributed by atoms with E-state index < -0.39 is 15.6 Å². The third-order valence-electron chi connectivity index (χ3n) is 4.20. The van der Waals surface area contributed by atoms with Crippen LogP contribution in [0.4, 0.5) is 0 Å². The summed E-state index contributed by atoms with van der Waals surface area (Å²) in [7, 11) is -3.66. The molecule has 1 saturated carbocycles. The third-order valence-corrected chi connectivity index (χ3v) is 6.28. The van der Waals surface area contributed by atoms with Gasteiger partial charge in [0.2, 0.25) is 10.0 Å². The van der Waals surface area contributed by atoms with Crippen molar-refractivity contribution in [2.45, 2.75) is 49.5 Å². The zero-order valence-corrected chi connectivity index (χ0v) is 14.4. The molecule has 1 aromatic carbocycles. The van der Waals surface area contributed by atoms with E-state index in [-0.39, 0.29) is 4.90 Å². The van der Waals surface area contributed by atoms with Crippen molar-refractivity contribution in [3.8, 4) is 6.07 Å². The largest absolute Gasteiger partial charge is 0.241 e. The lowest BCUT2D eigenvalue weighted by Crippen LogP contribution is -2.49. The molecule has 6 heteroatoms. The molecule has 0 amide bonds. The van der Waals surface area contributed by atoms with E-state index in [2.05, 4.69) is 33.6 Å². The molecule has 1 aromatic rings. The van der Waals surface area contributed by atoms with Crippen molar-refractivity contribution in [1.82, 2.24) is 4.72 Å². The summed E-state index contributed by atoms with van der Waals surface area (Å²) >= 11 is 3.28. The average Bonchev–Trinajstić information content (AvgIpc) is 2.48. The molecule has 1 N–H and O–H groups in total. The summed E-state index contributed by atoms with van der Waals surface area (Å²) in [5.74, 6) is 0.601. The lowest BCUT2D eigenvalue weighted by atomic mass is 9.77. The van der Waals surface area contributed by atoms with E-state index in [0.29, 0.717) is 18.8 Å². The van der Waals surface area contributed by atoms with Crippen LogP contribution in [0.5, 0.6) is 0 Å². The van der Waals surface area contributed by atoms with Gasteiger partial charge in [-0.3, -0.25) is 0 Å². The fraction of sp³-hybridized carbons (Fsp3) is 0.533. The van der Waals surface area contributed by atoms with E-state index in [4.69, 9.17) is 0 Å². The van der Waals surface area contributed by atoms with Gasteiger partial charge in [0.15, 0.2) is 0 Å². The number of rotatable bonds is 4. The molecule has 0 radical (unpaired) electrons. The van der Waals surface area contributed by atoms with Crippen molar-refractivity contribution in [2.75, 3.05) is 0 Å². The van der Waals surface area contributed by atoms with Crippen LogP contribution >= 0.6 is 15.9 Å². The highest BCUT2D eigenvalue weighted by Gasteiger charge is 2.38. The van der Waals surface area contributed by atoms with Gasteiger partial charge in [-0.2, -0.15) is 9.98 Å². The second-order valence-corrected chi connectivity index (χ2v) is 8.20. The lowest BCUT2D eigenvalue weighted by Gasteiger charge is -2.34. The predicted octanol–water partition coefficient (Wildman–Crippen LogP) is 3.59. The molecule has 2 rings (SSSR count). The summed E-state index contributed by atoms with van der Waals surface area (Å²) < 4.78 is 28.4. The summed E-state index contributed by atoms with van der Waals surface area (Å²) in [6, 6.07) is 8.64. The Morgan fingerprint density at radius 1 is 1.33 bits per heavy atom. The molecule has 0 atom stereocenters. The molecule has 114 valence electrons. The van der Waals surface area contributed by atoms with E-state index in [1.54, 1.807) is 12.1 Å². The number of hydrogen-bond donors (Lipinski definition) is 1. The Kier molecular flexibility index (Phi) is 5.07. The van der Waals surface area contributed by atoms with E-state index in [0.717, 1.165) is 23.7 Å². The number of sulfonamides is 1. The maximum absolute atomic E-state index is 12.4. The van der Waals surface area contributed by atoms with Crippen molar-refractivity contribution in [2.24, 2.45) is 5.92 Å². The second kappa shape index (κ2) is 6.47. The van der Waals surface area contributed by atoms with Gasteiger partial charge in [-0.05, 0) is 55.9 Å². The van der Waals surface area contributed by atoms with Gasteiger partial charge >= 0.3 is 0 Å². The molecular weight excluding hydrogens is 352 g/mol. The first-order valence-electron chi connectivity index (χ1n) is 7.11. The predicted molar refractivity (Wildman–Crippen MR) is 85.1 cm³/mol. The van der Waals surface area contributed by atoms with Crippen LogP contribution in [0.2, 0.25) is 0 Å². The second-order valence-electron chi connectivity index (χ2n) is 5.60. The summed E-state index contributed by atoms with van der Waals surface area (Å²) in [5.41, 5.74) is -0.961. The fourth-order valence-corrected chi connectivity index (χ4v) is 4.39. The van der Waals surface area contributed by atoms with Crippen molar-refractivity contribution in [1.29, 1.82) is 5.26 Å². The molecule has 1 fully saturated rings. The summed E-state index contributed by atoms with van der Waals surface area (Å²) in [6.07, 6.45) is 4.04. The number of benzene rings is 1. The molecule has 0 aromatic heterocycles. The van der Waals surface area contributed by atoms with E-state index >= 15 is 0 Å². The van der Waals surface area contributed by atoms with E-state index in [9.17, 15) is 13.7 Å². The minimum atomic E-state index is -3.66. The molecule has 4 nitrogen and oxygen atoms in total. The highest BCUT2D eigenvalue weighted by atomic mass is 79.9. The zero-order chi connectivity index (χ0) is 15.5. The molecule has 0 unspecified atom stereocenters. The minimum Gasteiger partial charge on any atom is -0.207 e. The summed E-state index contributed by atoms with van der Waals surface area (Å²) in [6.45, 7) is 2.13. The van der Waals surface area contributed by atoms with Gasteiger partial charge in [-0.1, -0.05) is 29.3 Å². The number of halogens is 1. The molecule has 21 heavy (non-hydrogen) atoms. The topological polar surface area (TPSA) is 70.0 Å². The van der Waals surface area contributed by atoms with Gasteiger partial charge in [0, 0.05) is 4.47 Å². The van der Waals surface area contributed by atoms with Gasteiger partial charge in [0.1, 0.15) is 5.54 Å². The van der Waals surface area contributed by atoms with Crippen LogP contribution in [0.1, 0.15) is 39.0 Å². The third kappa shape index (κ3) is 3.85. The van der Waals surface area contributed by atoms with Crippen LogP contribution in [0.3, 0.4) is 0 Å². The lowest BCUT2D eigenvalue weighted by molar-refractivity contribution is 0.259. The van der Waals surface area contributed by atoms with Gasteiger partial charge in [-0.15, -0.1) is 0 Å². The minimum absolute atomic E-state index is 0.193. The molecule has 0 bridgehead atoms. The Morgan fingerprint density at radius 2 is 1.90 bits per heavy atom. The fourth-order valence-electron chi connectivity index (χ4n) is 2.75. The Hall–Kier alpha value is -0.900. The number of nitrogens with zero attached hydrogens (tertiary/aromatic N) is 1. The quantitative estimate of drug-likeness (QED) is 0.879. The smallest absolute Gasteiger partial charge is 0.207 e. The summed E-state index contributed by atoms with van der Waals surface area (Å²) in [5, 5.41) is 9.47. The average molecular weight is 371 g/mol. The van der Waals surface area contributed by atoms with Crippen LogP contribution < -0.4 is 4.72 Å². The van der Waals surface area contributed by atoms with E-state index in [1.165, 1.54) is 12.1 Å². The van der Waals surface area contributed by atoms with Crippen LogP contribution in [0.15, 0.2) is 33.6 Å². The molecular formula is C15H19BrN2O2S. The number of hydrogen-bond acceptors (Lipinski definition) is 3. The SMILES string of the molecule is CCC1CCC(C#N)(NS(=O)(=O)c2ccc(Br)cc2)CC1. The Balaban J connectivity index is 2.18. The Bertz CT molecular complexity index is 627. The molecule has 0 aliphatic heterocycles. The van der Waals surface area contributed by atoms with Crippen LogP contribution in [-0.4, -0.2) is 14.0 Å². The number of nitrogens with one attached hydrogen (secondary N) is 1. The Morgan fingerprint density at radius 3 is 2.38 bits per heavy atom. The van der Waals surface area contributed by atoms with E-state index in [1.807, 2.05) is 0 Å². The van der Waals surface area contributed by atoms with Crippen molar-refractivity contribution >= 4 is 26.0 Å². The highest BCUT2D eigenvalue weighted by Crippen LogP contribution is 2.34. The first-order chi connectivity index (χ1) is 9.91. The van der Waals surface area contributed by atoms with Crippen molar-refractivity contribution in [3.05, 3.63) is 28.7 Å². The van der Waals surface area contributed by atoms with Crippen LogP contribution in [0.25, 0.3) is 0 Å². The van der Waals surface area contributed by atoms with Gasteiger partial charge in [-0.25, -0.2) is 8.42 Å². The normalized spacial score (nSPS) is 26.2. The van der Waals surface area contributed by atoms with Gasteiger partial charge in [0.05, 0.1) is 11.0 Å². The van der Waals surface area contributed by atoms with Gasteiger partial charge in [0.25, 0.3) is 0 Å². The first kappa shape index (κ1) is 16.5. The monoisotopic (exact) mass is 370 g/mol. The molecule has 0 saturated heterocycles. The van der Waals surface area contributed by atoms with Crippen LogP contribution in [0, 0.1) is 17.2 Å². The van der Waals surface area contributed by atoms with Crippen molar-refractivity contribution < 1.29 is 8.42 Å². The van der Waals surface area contributed by atoms with Crippen molar-refractivity contribution in [3.63, 3.8) is 0 Å². The first-order valence-corrected chi connectivity index (χ1v) is 9.39. The number of nitriles is 1. The highest BCUT2D eigenvalue weighted by molar-refractivity contribution is 9.10.